The summed E-state index contributed by atoms with van der Waals surface area (Å²) in [6.45, 7) is 4.07. The first-order chi connectivity index (χ1) is 7.18. The minimum absolute atomic E-state index is 0.201. The van der Waals surface area contributed by atoms with Gasteiger partial charge in [-0.1, -0.05) is 26.0 Å². The number of phenolic OH excluding ortho intramolecular Hbond substituents is 1. The molecular formula is C11H13N3O. The second-order valence-electron chi connectivity index (χ2n) is 3.72. The van der Waals surface area contributed by atoms with Crippen molar-refractivity contribution >= 4 is 0 Å². The Kier molecular flexibility index (Phi) is 2.41. The van der Waals surface area contributed by atoms with Crippen LogP contribution in [0.15, 0.2) is 24.3 Å². The molecule has 0 amide bonds. The van der Waals surface area contributed by atoms with E-state index in [4.69, 9.17) is 0 Å². The third-order valence-electron chi connectivity index (χ3n) is 2.19. The average Bonchev–Trinajstić information content (AvgIpc) is 2.67. The van der Waals surface area contributed by atoms with Gasteiger partial charge in [0.15, 0.2) is 5.82 Å². The van der Waals surface area contributed by atoms with E-state index in [1.807, 2.05) is 19.9 Å². The van der Waals surface area contributed by atoms with Gasteiger partial charge in [0.1, 0.15) is 11.6 Å². The fraction of sp³-hybridized carbons (Fsp3) is 0.273. The normalized spacial score (nSPS) is 10.9. The van der Waals surface area contributed by atoms with Crippen molar-refractivity contribution in [1.29, 1.82) is 0 Å². The van der Waals surface area contributed by atoms with E-state index in [0.29, 0.717) is 17.3 Å². The van der Waals surface area contributed by atoms with Gasteiger partial charge in [0.2, 0.25) is 0 Å². The largest absolute Gasteiger partial charge is 0.507 e. The summed E-state index contributed by atoms with van der Waals surface area (Å²) in [5.41, 5.74) is 0.653. The van der Waals surface area contributed by atoms with Gasteiger partial charge in [0, 0.05) is 5.92 Å². The molecule has 2 rings (SSSR count). The van der Waals surface area contributed by atoms with Crippen molar-refractivity contribution in [2.45, 2.75) is 19.8 Å². The van der Waals surface area contributed by atoms with Gasteiger partial charge in [0.05, 0.1) is 5.56 Å². The number of aromatic amines is 1. The maximum Gasteiger partial charge on any atom is 0.184 e. The Labute approximate surface area is 88.0 Å². The van der Waals surface area contributed by atoms with Crippen molar-refractivity contribution in [3.05, 3.63) is 30.1 Å². The highest BCUT2D eigenvalue weighted by atomic mass is 16.3. The van der Waals surface area contributed by atoms with Crippen LogP contribution in [0.3, 0.4) is 0 Å². The van der Waals surface area contributed by atoms with Gasteiger partial charge in [0.25, 0.3) is 0 Å². The molecule has 78 valence electrons. The standard InChI is InChI=1S/C11H13N3O/c1-7(2)10-12-11(14-13-10)8-5-3-4-6-9(8)15/h3-7,15H,1-2H3,(H,12,13,14). The second kappa shape index (κ2) is 3.73. The Balaban J connectivity index is 2.42. The fourth-order valence-corrected chi connectivity index (χ4v) is 1.32. The van der Waals surface area contributed by atoms with Crippen LogP contribution in [0.2, 0.25) is 0 Å². The summed E-state index contributed by atoms with van der Waals surface area (Å²) in [5.74, 6) is 1.87. The fourth-order valence-electron chi connectivity index (χ4n) is 1.32. The van der Waals surface area contributed by atoms with Crippen LogP contribution in [0.4, 0.5) is 0 Å². The van der Waals surface area contributed by atoms with Crippen LogP contribution in [0.5, 0.6) is 5.75 Å². The van der Waals surface area contributed by atoms with Gasteiger partial charge in [-0.25, -0.2) is 4.98 Å². The van der Waals surface area contributed by atoms with Crippen molar-refractivity contribution in [1.82, 2.24) is 15.2 Å². The molecule has 1 heterocycles. The molecule has 1 aromatic heterocycles. The van der Waals surface area contributed by atoms with Crippen LogP contribution < -0.4 is 0 Å². The SMILES string of the molecule is CC(C)c1nc(-c2ccccc2O)n[nH]1. The van der Waals surface area contributed by atoms with E-state index in [9.17, 15) is 5.11 Å². The molecule has 0 radical (unpaired) electrons. The Bertz CT molecular complexity index is 462. The smallest absolute Gasteiger partial charge is 0.184 e. The van der Waals surface area contributed by atoms with Crippen LogP contribution in [0.1, 0.15) is 25.6 Å². The Morgan fingerprint density at radius 2 is 2.00 bits per heavy atom. The van der Waals surface area contributed by atoms with Crippen molar-refractivity contribution < 1.29 is 5.11 Å². The summed E-state index contributed by atoms with van der Waals surface area (Å²) >= 11 is 0. The summed E-state index contributed by atoms with van der Waals surface area (Å²) in [4.78, 5) is 4.31. The lowest BCUT2D eigenvalue weighted by Crippen LogP contribution is -1.89. The molecule has 0 atom stereocenters. The molecule has 0 saturated carbocycles. The number of hydrogen-bond donors (Lipinski definition) is 2. The molecule has 0 unspecified atom stereocenters. The number of aromatic nitrogens is 3. The molecule has 0 aliphatic carbocycles. The maximum absolute atomic E-state index is 9.62. The summed E-state index contributed by atoms with van der Waals surface area (Å²) in [7, 11) is 0. The molecule has 0 fully saturated rings. The Morgan fingerprint density at radius 1 is 1.27 bits per heavy atom. The number of nitrogens with one attached hydrogen (secondary N) is 1. The zero-order valence-corrected chi connectivity index (χ0v) is 8.73. The summed E-state index contributed by atoms with van der Waals surface area (Å²) < 4.78 is 0. The molecular weight excluding hydrogens is 190 g/mol. The number of hydrogen-bond acceptors (Lipinski definition) is 3. The molecule has 4 heteroatoms. The molecule has 0 bridgehead atoms. The van der Waals surface area contributed by atoms with E-state index in [1.54, 1.807) is 18.2 Å². The number of rotatable bonds is 2. The monoisotopic (exact) mass is 203 g/mol. The first-order valence-corrected chi connectivity index (χ1v) is 4.89. The molecule has 15 heavy (non-hydrogen) atoms. The second-order valence-corrected chi connectivity index (χ2v) is 3.72. The highest BCUT2D eigenvalue weighted by molar-refractivity contribution is 5.62. The molecule has 0 aliphatic heterocycles. The molecule has 0 spiro atoms. The number of nitrogens with zero attached hydrogens (tertiary/aromatic N) is 2. The molecule has 0 aliphatic rings. The maximum atomic E-state index is 9.62. The molecule has 4 nitrogen and oxygen atoms in total. The van der Waals surface area contributed by atoms with Gasteiger partial charge in [-0.15, -0.1) is 0 Å². The number of para-hydroxylation sites is 1. The van der Waals surface area contributed by atoms with Crippen LogP contribution in [0.25, 0.3) is 11.4 Å². The molecule has 2 N–H and O–H groups in total. The van der Waals surface area contributed by atoms with Crippen LogP contribution in [-0.2, 0) is 0 Å². The Morgan fingerprint density at radius 3 is 2.60 bits per heavy atom. The highest BCUT2D eigenvalue weighted by Crippen LogP contribution is 2.26. The lowest BCUT2D eigenvalue weighted by Gasteiger charge is -1.98. The number of H-pyrrole nitrogens is 1. The van der Waals surface area contributed by atoms with Gasteiger partial charge in [-0.3, -0.25) is 5.10 Å². The van der Waals surface area contributed by atoms with Crippen molar-refractivity contribution in [3.8, 4) is 17.1 Å². The zero-order valence-electron chi connectivity index (χ0n) is 8.73. The van der Waals surface area contributed by atoms with Crippen LogP contribution >= 0.6 is 0 Å². The number of phenols is 1. The zero-order chi connectivity index (χ0) is 10.8. The molecule has 0 saturated heterocycles. The predicted octanol–water partition coefficient (Wildman–Crippen LogP) is 2.30. The van der Waals surface area contributed by atoms with E-state index in [1.165, 1.54) is 0 Å². The number of benzene rings is 1. The topological polar surface area (TPSA) is 61.8 Å². The van der Waals surface area contributed by atoms with E-state index in [-0.39, 0.29) is 5.75 Å². The van der Waals surface area contributed by atoms with E-state index in [2.05, 4.69) is 15.2 Å². The minimum atomic E-state index is 0.201. The van der Waals surface area contributed by atoms with Crippen molar-refractivity contribution in [3.63, 3.8) is 0 Å². The Hall–Kier alpha value is -1.84. The summed E-state index contributed by atoms with van der Waals surface area (Å²) in [5, 5.41) is 16.5. The van der Waals surface area contributed by atoms with Crippen LogP contribution in [0, 0.1) is 0 Å². The third-order valence-corrected chi connectivity index (χ3v) is 2.19. The van der Waals surface area contributed by atoms with Gasteiger partial charge in [-0.2, -0.15) is 5.10 Å². The minimum Gasteiger partial charge on any atom is -0.507 e. The van der Waals surface area contributed by atoms with E-state index in [0.717, 1.165) is 5.82 Å². The third kappa shape index (κ3) is 1.83. The van der Waals surface area contributed by atoms with Crippen molar-refractivity contribution in [2.24, 2.45) is 0 Å². The van der Waals surface area contributed by atoms with Gasteiger partial charge in [-0.05, 0) is 12.1 Å². The molecule has 1 aromatic carbocycles. The van der Waals surface area contributed by atoms with Gasteiger partial charge >= 0.3 is 0 Å². The van der Waals surface area contributed by atoms with E-state index >= 15 is 0 Å². The van der Waals surface area contributed by atoms with Crippen LogP contribution in [-0.4, -0.2) is 20.3 Å². The van der Waals surface area contributed by atoms with Gasteiger partial charge < -0.3 is 5.11 Å². The molecule has 2 aromatic rings. The van der Waals surface area contributed by atoms with E-state index < -0.39 is 0 Å². The highest BCUT2D eigenvalue weighted by Gasteiger charge is 2.10. The summed E-state index contributed by atoms with van der Waals surface area (Å²) in [6.07, 6.45) is 0. The average molecular weight is 203 g/mol. The summed E-state index contributed by atoms with van der Waals surface area (Å²) in [6, 6.07) is 7.04. The lowest BCUT2D eigenvalue weighted by molar-refractivity contribution is 0.477. The predicted molar refractivity (Wildman–Crippen MR) is 57.6 cm³/mol. The number of aromatic hydroxyl groups is 1. The quantitative estimate of drug-likeness (QED) is 0.787. The first kappa shape index (κ1) is 9.71. The first-order valence-electron chi connectivity index (χ1n) is 4.89. The lowest BCUT2D eigenvalue weighted by atomic mass is 10.2. The van der Waals surface area contributed by atoms with Crippen molar-refractivity contribution in [2.75, 3.05) is 0 Å².